The first-order chi connectivity index (χ1) is 20.7. The van der Waals surface area contributed by atoms with Gasteiger partial charge in [-0.3, -0.25) is 0 Å². The van der Waals surface area contributed by atoms with Crippen LogP contribution in [0.5, 0.6) is 0 Å². The fraction of sp³-hybridized carbons (Fsp3) is 0.444. The van der Waals surface area contributed by atoms with Crippen molar-refractivity contribution in [3.8, 4) is 0 Å². The maximum absolute atomic E-state index is 6.11. The Balaban J connectivity index is 1.79. The smallest absolute Gasteiger partial charge is 0.374 e. The van der Waals surface area contributed by atoms with Crippen molar-refractivity contribution in [2.75, 3.05) is 46.2 Å². The van der Waals surface area contributed by atoms with E-state index in [9.17, 15) is 0 Å². The van der Waals surface area contributed by atoms with E-state index in [0.29, 0.717) is 52.2 Å². The van der Waals surface area contributed by atoms with Crippen LogP contribution in [0.3, 0.4) is 0 Å². The molecule has 0 spiro atoms. The maximum Gasteiger partial charge on any atom is 0.500 e. The summed E-state index contributed by atoms with van der Waals surface area (Å²) in [5.74, 6) is 0.506. The Kier molecular flexibility index (Phi) is 20.3. The highest BCUT2D eigenvalue weighted by molar-refractivity contribution is 6.60. The molecular formula is C36H52O5Si. The van der Waals surface area contributed by atoms with Crippen molar-refractivity contribution in [3.63, 3.8) is 0 Å². The van der Waals surface area contributed by atoms with Crippen molar-refractivity contribution < 1.29 is 22.8 Å². The second kappa shape index (κ2) is 23.9. The molecule has 2 aromatic rings. The Bertz CT molecular complexity index is 1000. The van der Waals surface area contributed by atoms with Gasteiger partial charge in [0, 0.05) is 25.9 Å². The van der Waals surface area contributed by atoms with Crippen molar-refractivity contribution in [1.82, 2.24) is 0 Å². The van der Waals surface area contributed by atoms with Gasteiger partial charge in [-0.2, -0.15) is 0 Å². The highest BCUT2D eigenvalue weighted by Gasteiger charge is 2.40. The molecule has 0 N–H and O–H groups in total. The van der Waals surface area contributed by atoms with Crippen molar-refractivity contribution in [3.05, 3.63) is 108 Å². The van der Waals surface area contributed by atoms with Crippen LogP contribution in [0.1, 0.15) is 57.6 Å². The summed E-state index contributed by atoms with van der Waals surface area (Å²) in [6.45, 7) is 10.3. The van der Waals surface area contributed by atoms with Crippen LogP contribution in [-0.2, 0) is 22.8 Å². The van der Waals surface area contributed by atoms with Crippen LogP contribution < -0.4 is 0 Å². The molecule has 0 fully saturated rings. The fourth-order valence-corrected chi connectivity index (χ4v) is 7.31. The van der Waals surface area contributed by atoms with Gasteiger partial charge in [-0.1, -0.05) is 109 Å². The average molecular weight is 593 g/mol. The van der Waals surface area contributed by atoms with E-state index >= 15 is 0 Å². The van der Waals surface area contributed by atoms with Gasteiger partial charge in [0.05, 0.1) is 26.4 Å². The molecule has 5 nitrogen and oxygen atoms in total. The second-order valence-electron chi connectivity index (χ2n) is 9.84. The van der Waals surface area contributed by atoms with Crippen LogP contribution in [0.25, 0.3) is 12.2 Å². The summed E-state index contributed by atoms with van der Waals surface area (Å²) in [7, 11) is -2.65. The predicted octanol–water partition coefficient (Wildman–Crippen LogP) is 8.78. The Morgan fingerprint density at radius 1 is 0.571 bits per heavy atom. The number of ether oxygens (including phenoxy) is 2. The van der Waals surface area contributed by atoms with E-state index in [2.05, 4.69) is 72.9 Å². The summed E-state index contributed by atoms with van der Waals surface area (Å²) < 4.78 is 29.8. The van der Waals surface area contributed by atoms with Gasteiger partial charge in [0.25, 0.3) is 0 Å². The molecule has 0 amide bonds. The second-order valence-corrected chi connectivity index (χ2v) is 12.6. The SMILES string of the molecule is CCO[Si](CCC(CC=CCOCC=Cc1ccccc1)CCC=CCOCC=Cc1ccccc1)(OCC)OCC. The van der Waals surface area contributed by atoms with E-state index in [-0.39, 0.29) is 0 Å². The van der Waals surface area contributed by atoms with Gasteiger partial charge >= 0.3 is 8.80 Å². The largest absolute Gasteiger partial charge is 0.500 e. The topological polar surface area (TPSA) is 46.2 Å². The summed E-state index contributed by atoms with van der Waals surface area (Å²) in [6, 6.07) is 21.4. The van der Waals surface area contributed by atoms with Gasteiger partial charge in [-0.15, -0.1) is 0 Å². The molecule has 0 heterocycles. The number of allylic oxidation sites excluding steroid dienone is 2. The van der Waals surface area contributed by atoms with Crippen molar-refractivity contribution in [2.24, 2.45) is 5.92 Å². The van der Waals surface area contributed by atoms with Gasteiger partial charge in [0.2, 0.25) is 0 Å². The number of hydrogen-bond donors (Lipinski definition) is 0. The first kappa shape index (κ1) is 35.6. The maximum atomic E-state index is 6.11. The van der Waals surface area contributed by atoms with Crippen LogP contribution in [0, 0.1) is 5.92 Å². The molecule has 1 unspecified atom stereocenters. The zero-order valence-corrected chi connectivity index (χ0v) is 27.0. The third kappa shape index (κ3) is 16.8. The van der Waals surface area contributed by atoms with Gasteiger partial charge < -0.3 is 22.8 Å². The molecule has 0 saturated heterocycles. The van der Waals surface area contributed by atoms with E-state index in [1.807, 2.05) is 57.2 Å². The normalized spacial score (nSPS) is 13.3. The minimum Gasteiger partial charge on any atom is -0.374 e. The number of hydrogen-bond acceptors (Lipinski definition) is 5. The molecule has 0 saturated carbocycles. The standard InChI is InChI=1S/C36H52O5Si/c1-4-39-42(40-5-2,41-6-3)33-28-36(25-15-17-30-38-32-19-27-35-22-12-8-13-23-35)24-14-9-16-29-37-31-18-26-34-20-10-7-11-21-34/h7-13,15-23,26-27,36H,4-6,14,24-25,28-33H2,1-3H3. The molecule has 42 heavy (non-hydrogen) atoms. The highest BCUT2D eigenvalue weighted by Crippen LogP contribution is 2.26. The molecule has 0 aliphatic heterocycles. The first-order valence-corrected chi connectivity index (χ1v) is 17.4. The van der Waals surface area contributed by atoms with Crippen LogP contribution in [0.2, 0.25) is 6.04 Å². The van der Waals surface area contributed by atoms with Gasteiger partial charge in [0.1, 0.15) is 0 Å². The molecule has 2 aromatic carbocycles. The monoisotopic (exact) mass is 592 g/mol. The minimum absolute atomic E-state index is 0.506. The summed E-state index contributed by atoms with van der Waals surface area (Å²) in [6.07, 6.45) is 21.1. The minimum atomic E-state index is -2.65. The number of benzene rings is 2. The molecule has 0 aliphatic rings. The Hall–Kier alpha value is -2.58. The van der Waals surface area contributed by atoms with E-state index in [0.717, 1.165) is 31.7 Å². The zero-order valence-electron chi connectivity index (χ0n) is 26.0. The molecular weight excluding hydrogens is 540 g/mol. The highest BCUT2D eigenvalue weighted by atomic mass is 28.4. The Labute approximate surface area is 256 Å². The lowest BCUT2D eigenvalue weighted by atomic mass is 9.96. The Morgan fingerprint density at radius 3 is 1.55 bits per heavy atom. The molecule has 0 bridgehead atoms. The Morgan fingerprint density at radius 2 is 1.05 bits per heavy atom. The average Bonchev–Trinajstić information content (AvgIpc) is 3.01. The molecule has 230 valence electrons. The lowest BCUT2D eigenvalue weighted by Gasteiger charge is -2.29. The van der Waals surface area contributed by atoms with Gasteiger partial charge in [-0.25, -0.2) is 0 Å². The first-order valence-electron chi connectivity index (χ1n) is 15.5. The number of rotatable bonds is 24. The molecule has 0 aliphatic carbocycles. The van der Waals surface area contributed by atoms with E-state index in [1.54, 1.807) is 0 Å². The lowest BCUT2D eigenvalue weighted by molar-refractivity contribution is 0.0695. The van der Waals surface area contributed by atoms with Crippen LogP contribution >= 0.6 is 0 Å². The summed E-state index contributed by atoms with van der Waals surface area (Å²) in [4.78, 5) is 0. The molecule has 6 heteroatoms. The third-order valence-electron chi connectivity index (χ3n) is 6.57. The van der Waals surface area contributed by atoms with Crippen LogP contribution in [0.4, 0.5) is 0 Å². The molecule has 2 rings (SSSR count). The predicted molar refractivity (Wildman–Crippen MR) is 178 cm³/mol. The van der Waals surface area contributed by atoms with Crippen LogP contribution in [-0.4, -0.2) is 55.1 Å². The summed E-state index contributed by atoms with van der Waals surface area (Å²) >= 11 is 0. The summed E-state index contributed by atoms with van der Waals surface area (Å²) in [5.41, 5.74) is 2.37. The van der Waals surface area contributed by atoms with E-state index in [1.165, 1.54) is 11.1 Å². The molecule has 0 aromatic heterocycles. The summed E-state index contributed by atoms with van der Waals surface area (Å²) in [5, 5.41) is 0. The quantitative estimate of drug-likeness (QED) is 0.0693. The third-order valence-corrected chi connectivity index (χ3v) is 9.66. The zero-order chi connectivity index (χ0) is 30.0. The lowest BCUT2D eigenvalue weighted by Crippen LogP contribution is -2.46. The molecule has 1 atom stereocenters. The molecule has 0 radical (unpaired) electrons. The van der Waals surface area contributed by atoms with Crippen LogP contribution in [0.15, 0.2) is 97.1 Å². The van der Waals surface area contributed by atoms with Gasteiger partial charge in [-0.05, 0) is 63.5 Å². The van der Waals surface area contributed by atoms with E-state index in [4.69, 9.17) is 22.8 Å². The van der Waals surface area contributed by atoms with Crippen molar-refractivity contribution in [1.29, 1.82) is 0 Å². The van der Waals surface area contributed by atoms with Crippen molar-refractivity contribution in [2.45, 2.75) is 52.5 Å². The van der Waals surface area contributed by atoms with Gasteiger partial charge in [0.15, 0.2) is 0 Å². The fourth-order valence-electron chi connectivity index (χ4n) is 4.54. The van der Waals surface area contributed by atoms with Crippen molar-refractivity contribution >= 4 is 21.0 Å². The van der Waals surface area contributed by atoms with E-state index < -0.39 is 8.80 Å².